The number of ether oxygens (including phenoxy) is 1. The van der Waals surface area contributed by atoms with Crippen LogP contribution in [-0.4, -0.2) is 22.4 Å². The van der Waals surface area contributed by atoms with E-state index < -0.39 is 18.1 Å². The minimum atomic E-state index is -4.60. The van der Waals surface area contributed by atoms with Crippen molar-refractivity contribution in [2.75, 3.05) is 6.61 Å². The zero-order valence-electron chi connectivity index (χ0n) is 9.00. The predicted octanol–water partition coefficient (Wildman–Crippen LogP) is 1.04. The maximum absolute atomic E-state index is 12.4. The fourth-order valence-corrected chi connectivity index (χ4v) is 1.27. The first-order valence-corrected chi connectivity index (χ1v) is 4.49. The minimum absolute atomic E-state index is 0.0757. The van der Waals surface area contributed by atoms with Gasteiger partial charge < -0.3 is 4.74 Å². The Morgan fingerprint density at radius 2 is 2.12 bits per heavy atom. The second-order valence-electron chi connectivity index (χ2n) is 3.01. The van der Waals surface area contributed by atoms with E-state index in [0.717, 1.165) is 11.7 Å². The predicted molar refractivity (Wildman–Crippen MR) is 45.6 cm³/mol. The molecule has 0 amide bonds. The van der Waals surface area contributed by atoms with Crippen molar-refractivity contribution in [3.05, 3.63) is 11.6 Å². The van der Waals surface area contributed by atoms with Crippen molar-refractivity contribution in [2.45, 2.75) is 20.0 Å². The molecule has 8 heteroatoms. The molecule has 1 aromatic heterocycles. The molecule has 0 spiro atoms. The number of aromatic nitrogens is 3. The molecular weight excluding hydrogens is 227 g/mol. The van der Waals surface area contributed by atoms with Gasteiger partial charge in [-0.25, -0.2) is 4.79 Å². The lowest BCUT2D eigenvalue weighted by Gasteiger charge is -2.02. The highest BCUT2D eigenvalue weighted by Crippen LogP contribution is 2.25. The third-order valence-electron chi connectivity index (χ3n) is 1.88. The van der Waals surface area contributed by atoms with Gasteiger partial charge in [0.05, 0.1) is 6.61 Å². The topological polar surface area (TPSA) is 48.0 Å². The van der Waals surface area contributed by atoms with E-state index in [0.29, 0.717) is 4.68 Å². The SMILES string of the molecule is CCOC(=O)n1c(C)nc(C(F)(F)F)[n+]1C. The monoisotopic (exact) mass is 238 g/mol. The van der Waals surface area contributed by atoms with Crippen molar-refractivity contribution >= 4 is 6.09 Å². The summed E-state index contributed by atoms with van der Waals surface area (Å²) in [5.41, 5.74) is 0. The van der Waals surface area contributed by atoms with E-state index in [1.165, 1.54) is 6.92 Å². The van der Waals surface area contributed by atoms with Crippen LogP contribution in [0.2, 0.25) is 0 Å². The maximum atomic E-state index is 12.4. The number of halogens is 3. The molecule has 0 aliphatic heterocycles. The Labute approximate surface area is 89.4 Å². The van der Waals surface area contributed by atoms with Crippen LogP contribution in [0.3, 0.4) is 0 Å². The number of aryl methyl sites for hydroxylation is 1. The van der Waals surface area contributed by atoms with Gasteiger partial charge in [-0.1, -0.05) is 4.68 Å². The maximum Gasteiger partial charge on any atom is 0.501 e. The van der Waals surface area contributed by atoms with Gasteiger partial charge in [0.1, 0.15) is 7.05 Å². The van der Waals surface area contributed by atoms with E-state index in [1.807, 2.05) is 0 Å². The van der Waals surface area contributed by atoms with Crippen molar-refractivity contribution in [3.8, 4) is 0 Å². The summed E-state index contributed by atoms with van der Waals surface area (Å²) in [5.74, 6) is -1.22. The van der Waals surface area contributed by atoms with Crippen molar-refractivity contribution < 1.29 is 27.4 Å². The van der Waals surface area contributed by atoms with Crippen LogP contribution >= 0.6 is 0 Å². The second-order valence-corrected chi connectivity index (χ2v) is 3.01. The number of hydrogen-bond acceptors (Lipinski definition) is 3. The van der Waals surface area contributed by atoms with E-state index >= 15 is 0 Å². The molecule has 0 bridgehead atoms. The van der Waals surface area contributed by atoms with Crippen LogP contribution in [0.25, 0.3) is 0 Å². The highest BCUT2D eigenvalue weighted by Gasteiger charge is 2.47. The average Bonchev–Trinajstić information content (AvgIpc) is 2.41. The van der Waals surface area contributed by atoms with Gasteiger partial charge in [0.2, 0.25) is 0 Å². The van der Waals surface area contributed by atoms with E-state index in [9.17, 15) is 18.0 Å². The number of carbonyl (C=O) groups is 1. The molecule has 0 saturated heterocycles. The van der Waals surface area contributed by atoms with Crippen molar-refractivity contribution in [1.82, 2.24) is 9.67 Å². The molecule has 16 heavy (non-hydrogen) atoms. The summed E-state index contributed by atoms with van der Waals surface area (Å²) in [6.07, 6.45) is -5.48. The second kappa shape index (κ2) is 4.11. The Bertz CT molecular complexity index is 411. The summed E-state index contributed by atoms with van der Waals surface area (Å²) in [5, 5.41) is 0. The van der Waals surface area contributed by atoms with Crippen molar-refractivity contribution in [2.24, 2.45) is 7.05 Å². The van der Waals surface area contributed by atoms with E-state index in [1.54, 1.807) is 6.92 Å². The largest absolute Gasteiger partial charge is 0.501 e. The Kier molecular flexibility index (Phi) is 3.20. The highest BCUT2D eigenvalue weighted by molar-refractivity contribution is 5.68. The van der Waals surface area contributed by atoms with Crippen molar-refractivity contribution in [1.29, 1.82) is 0 Å². The third-order valence-corrected chi connectivity index (χ3v) is 1.88. The smallest absolute Gasteiger partial charge is 0.447 e. The number of nitrogens with zero attached hydrogens (tertiary/aromatic N) is 3. The molecule has 0 aliphatic carbocycles. The fraction of sp³-hybridized carbons (Fsp3) is 0.625. The fourth-order valence-electron chi connectivity index (χ4n) is 1.27. The van der Waals surface area contributed by atoms with Crippen LogP contribution in [0.4, 0.5) is 18.0 Å². The molecule has 1 aromatic rings. The molecule has 1 rings (SSSR count). The van der Waals surface area contributed by atoms with E-state index in [2.05, 4.69) is 9.72 Å². The summed E-state index contributed by atoms with van der Waals surface area (Å²) in [6.45, 7) is 2.94. The lowest BCUT2D eigenvalue weighted by atomic mass is 10.6. The number of hydrogen-bond donors (Lipinski definition) is 0. The summed E-state index contributed by atoms with van der Waals surface area (Å²) < 4.78 is 43.3. The summed E-state index contributed by atoms with van der Waals surface area (Å²) >= 11 is 0. The van der Waals surface area contributed by atoms with Gasteiger partial charge in [-0.2, -0.15) is 13.2 Å². The van der Waals surface area contributed by atoms with E-state index in [4.69, 9.17) is 0 Å². The Balaban J connectivity index is 3.23. The van der Waals surface area contributed by atoms with Crippen LogP contribution < -0.4 is 4.68 Å². The van der Waals surface area contributed by atoms with Crippen LogP contribution in [0, 0.1) is 6.92 Å². The zero-order chi connectivity index (χ0) is 12.5. The number of carbonyl (C=O) groups excluding carboxylic acids is 1. The first-order chi connectivity index (χ1) is 7.29. The van der Waals surface area contributed by atoms with Gasteiger partial charge in [0.25, 0.3) is 5.82 Å². The Morgan fingerprint density at radius 1 is 1.56 bits per heavy atom. The average molecular weight is 238 g/mol. The molecule has 0 aromatic carbocycles. The molecule has 0 unspecified atom stereocenters. The Morgan fingerprint density at radius 3 is 2.50 bits per heavy atom. The molecule has 5 nitrogen and oxygen atoms in total. The molecule has 0 N–H and O–H groups in total. The molecule has 1 heterocycles. The first-order valence-electron chi connectivity index (χ1n) is 4.49. The Hall–Kier alpha value is -1.60. The van der Waals surface area contributed by atoms with Crippen LogP contribution in [0.1, 0.15) is 18.6 Å². The van der Waals surface area contributed by atoms with Gasteiger partial charge >= 0.3 is 18.1 Å². The standard InChI is InChI=1S/C8H11F3N3O2/c1-4-16-7(15)14-5(2)12-6(13(14)3)8(9,10)11/h4H2,1-3H3/q+1. The quantitative estimate of drug-likeness (QED) is 0.687. The summed E-state index contributed by atoms with van der Waals surface area (Å²) in [7, 11) is 1.10. The molecule has 0 saturated carbocycles. The highest BCUT2D eigenvalue weighted by atomic mass is 19.4. The van der Waals surface area contributed by atoms with Gasteiger partial charge in [0, 0.05) is 6.92 Å². The van der Waals surface area contributed by atoms with Gasteiger partial charge in [-0.05, 0) is 11.9 Å². The molecule has 0 atom stereocenters. The molecular formula is C8H11F3N3O2+. The van der Waals surface area contributed by atoms with Gasteiger partial charge in [-0.3, -0.25) is 0 Å². The van der Waals surface area contributed by atoms with Gasteiger partial charge in [-0.15, -0.1) is 4.68 Å². The first kappa shape index (κ1) is 12.5. The van der Waals surface area contributed by atoms with E-state index in [-0.39, 0.29) is 12.4 Å². The summed E-state index contributed by atoms with van der Waals surface area (Å²) in [4.78, 5) is 14.6. The number of rotatable bonds is 1. The van der Waals surface area contributed by atoms with Crippen molar-refractivity contribution in [3.63, 3.8) is 0 Å². The normalized spacial score (nSPS) is 11.6. The minimum Gasteiger partial charge on any atom is -0.447 e. The number of alkyl halides is 3. The third kappa shape index (κ3) is 2.15. The van der Waals surface area contributed by atoms with Gasteiger partial charge in [0.15, 0.2) is 0 Å². The summed E-state index contributed by atoms with van der Waals surface area (Å²) in [6, 6.07) is 0. The molecule has 0 aliphatic rings. The molecule has 0 fully saturated rings. The van der Waals surface area contributed by atoms with Crippen LogP contribution in [0.5, 0.6) is 0 Å². The lowest BCUT2D eigenvalue weighted by Crippen LogP contribution is -2.48. The molecule has 0 radical (unpaired) electrons. The van der Waals surface area contributed by atoms with Crippen LogP contribution in [-0.2, 0) is 18.0 Å². The van der Waals surface area contributed by atoms with Crippen LogP contribution in [0.15, 0.2) is 0 Å². The molecule has 90 valence electrons. The zero-order valence-corrected chi connectivity index (χ0v) is 9.00. The lowest BCUT2D eigenvalue weighted by molar-refractivity contribution is -0.760.